The van der Waals surface area contributed by atoms with Crippen LogP contribution in [0.5, 0.6) is 0 Å². The Morgan fingerprint density at radius 1 is 1.37 bits per heavy atom. The van der Waals surface area contributed by atoms with Crippen molar-refractivity contribution in [2.75, 3.05) is 19.8 Å². The minimum absolute atomic E-state index is 0.0510. The zero-order chi connectivity index (χ0) is 14.3. The van der Waals surface area contributed by atoms with Gasteiger partial charge in [-0.25, -0.2) is 0 Å². The van der Waals surface area contributed by atoms with E-state index in [4.69, 9.17) is 9.84 Å². The molecule has 2 N–H and O–H groups in total. The lowest BCUT2D eigenvalue weighted by Crippen LogP contribution is -2.37. The molecule has 0 saturated heterocycles. The van der Waals surface area contributed by atoms with Crippen LogP contribution in [0.1, 0.15) is 32.6 Å². The maximum Gasteiger partial charge on any atom is 0.306 e. The summed E-state index contributed by atoms with van der Waals surface area (Å²) in [4.78, 5) is 22.8. The van der Waals surface area contributed by atoms with Crippen LogP contribution in [-0.2, 0) is 14.3 Å². The van der Waals surface area contributed by atoms with E-state index in [1.165, 1.54) is 0 Å². The molecule has 0 radical (unpaired) electrons. The average molecular weight is 269 g/mol. The molecule has 0 bridgehead atoms. The van der Waals surface area contributed by atoms with E-state index in [1.54, 1.807) is 0 Å². The molecule has 1 amide bonds. The van der Waals surface area contributed by atoms with Gasteiger partial charge >= 0.3 is 5.97 Å². The number of aliphatic carboxylic acids is 1. The van der Waals surface area contributed by atoms with E-state index >= 15 is 0 Å². The summed E-state index contributed by atoms with van der Waals surface area (Å²) in [5.41, 5.74) is 0.947. The SMILES string of the molecule is C=C(C)COCCNC(=O)C1CCCC(C(=O)O)C1. The van der Waals surface area contributed by atoms with Crippen molar-refractivity contribution in [3.63, 3.8) is 0 Å². The molecule has 1 aliphatic carbocycles. The molecule has 1 aliphatic rings. The maximum atomic E-state index is 11.9. The third kappa shape index (κ3) is 5.87. The highest BCUT2D eigenvalue weighted by Crippen LogP contribution is 2.29. The van der Waals surface area contributed by atoms with E-state index in [9.17, 15) is 9.59 Å². The number of amides is 1. The second-order valence-corrected chi connectivity index (χ2v) is 5.20. The van der Waals surface area contributed by atoms with Crippen molar-refractivity contribution in [1.29, 1.82) is 0 Å². The third-order valence-corrected chi connectivity index (χ3v) is 3.29. The molecule has 0 aromatic carbocycles. The molecule has 0 heterocycles. The van der Waals surface area contributed by atoms with Crippen molar-refractivity contribution in [2.24, 2.45) is 11.8 Å². The quantitative estimate of drug-likeness (QED) is 0.543. The van der Waals surface area contributed by atoms with Crippen molar-refractivity contribution in [3.8, 4) is 0 Å². The van der Waals surface area contributed by atoms with Gasteiger partial charge in [0.25, 0.3) is 0 Å². The molecule has 1 fully saturated rings. The summed E-state index contributed by atoms with van der Waals surface area (Å²) < 4.78 is 5.28. The van der Waals surface area contributed by atoms with Gasteiger partial charge in [-0.05, 0) is 26.2 Å². The first-order chi connectivity index (χ1) is 9.00. The summed E-state index contributed by atoms with van der Waals surface area (Å²) in [5, 5.41) is 11.8. The molecule has 2 unspecified atom stereocenters. The average Bonchev–Trinajstić information content (AvgIpc) is 2.37. The van der Waals surface area contributed by atoms with Crippen LogP contribution in [0.15, 0.2) is 12.2 Å². The Morgan fingerprint density at radius 2 is 2.05 bits per heavy atom. The highest BCUT2D eigenvalue weighted by Gasteiger charge is 2.30. The number of carbonyl (C=O) groups excluding carboxylic acids is 1. The molecular formula is C14H23NO4. The van der Waals surface area contributed by atoms with E-state index in [2.05, 4.69) is 11.9 Å². The number of carboxylic acid groups (broad SMARTS) is 1. The van der Waals surface area contributed by atoms with E-state index in [0.717, 1.165) is 18.4 Å². The Kier molecular flexibility index (Phi) is 6.56. The molecule has 1 rings (SSSR count). The number of nitrogens with one attached hydrogen (secondary N) is 1. The van der Waals surface area contributed by atoms with Crippen molar-refractivity contribution in [3.05, 3.63) is 12.2 Å². The van der Waals surface area contributed by atoms with Crippen LogP contribution >= 0.6 is 0 Å². The molecule has 5 heteroatoms. The van der Waals surface area contributed by atoms with Crippen molar-refractivity contribution < 1.29 is 19.4 Å². The van der Waals surface area contributed by atoms with E-state index < -0.39 is 5.97 Å². The van der Waals surface area contributed by atoms with Gasteiger partial charge in [-0.15, -0.1) is 0 Å². The first-order valence-corrected chi connectivity index (χ1v) is 6.73. The van der Waals surface area contributed by atoms with E-state index in [-0.39, 0.29) is 17.7 Å². The fraction of sp³-hybridized carbons (Fsp3) is 0.714. The largest absolute Gasteiger partial charge is 0.481 e. The van der Waals surface area contributed by atoms with Crippen molar-refractivity contribution >= 4 is 11.9 Å². The number of ether oxygens (including phenoxy) is 1. The minimum Gasteiger partial charge on any atom is -0.481 e. The van der Waals surface area contributed by atoms with Crippen LogP contribution in [0.2, 0.25) is 0 Å². The predicted molar refractivity (Wildman–Crippen MR) is 71.7 cm³/mol. The number of hydrogen-bond donors (Lipinski definition) is 2. The Labute approximate surface area is 114 Å². The van der Waals surface area contributed by atoms with Gasteiger partial charge in [0.05, 0.1) is 19.1 Å². The molecule has 0 aliphatic heterocycles. The van der Waals surface area contributed by atoms with Gasteiger partial charge in [-0.3, -0.25) is 9.59 Å². The zero-order valence-corrected chi connectivity index (χ0v) is 11.5. The molecular weight excluding hydrogens is 246 g/mol. The summed E-state index contributed by atoms with van der Waals surface area (Å²) in [7, 11) is 0. The lowest BCUT2D eigenvalue weighted by Gasteiger charge is -2.25. The Morgan fingerprint density at radius 3 is 2.68 bits per heavy atom. The fourth-order valence-electron chi connectivity index (χ4n) is 2.29. The minimum atomic E-state index is -0.790. The molecule has 2 atom stereocenters. The van der Waals surface area contributed by atoms with E-state index in [0.29, 0.717) is 32.6 Å². The van der Waals surface area contributed by atoms with E-state index in [1.807, 2.05) is 6.92 Å². The Bertz CT molecular complexity index is 340. The van der Waals surface area contributed by atoms with Gasteiger partial charge < -0.3 is 15.2 Å². The maximum absolute atomic E-state index is 11.9. The lowest BCUT2D eigenvalue weighted by molar-refractivity contribution is -0.144. The number of hydrogen-bond acceptors (Lipinski definition) is 3. The molecule has 0 aromatic heterocycles. The second-order valence-electron chi connectivity index (χ2n) is 5.20. The second kappa shape index (κ2) is 7.94. The monoisotopic (exact) mass is 269 g/mol. The molecule has 19 heavy (non-hydrogen) atoms. The van der Waals surface area contributed by atoms with Crippen molar-refractivity contribution in [2.45, 2.75) is 32.6 Å². The fourth-order valence-corrected chi connectivity index (χ4v) is 2.29. The standard InChI is InChI=1S/C14H23NO4/c1-10(2)9-19-7-6-15-13(16)11-4-3-5-12(8-11)14(17)18/h11-12H,1,3-9H2,2H3,(H,15,16)(H,17,18). The molecule has 1 saturated carbocycles. The number of carbonyl (C=O) groups is 2. The Balaban J connectivity index is 2.21. The van der Waals surface area contributed by atoms with Gasteiger partial charge in [0.2, 0.25) is 5.91 Å². The molecule has 5 nitrogen and oxygen atoms in total. The van der Waals surface area contributed by atoms with Crippen LogP contribution in [0, 0.1) is 11.8 Å². The van der Waals surface area contributed by atoms with Crippen molar-refractivity contribution in [1.82, 2.24) is 5.32 Å². The summed E-state index contributed by atoms with van der Waals surface area (Å²) >= 11 is 0. The Hall–Kier alpha value is -1.36. The summed E-state index contributed by atoms with van der Waals surface area (Å²) in [6.07, 6.45) is 2.72. The predicted octanol–water partition coefficient (Wildman–Crippen LogP) is 1.59. The smallest absolute Gasteiger partial charge is 0.306 e. The third-order valence-electron chi connectivity index (χ3n) is 3.29. The van der Waals surface area contributed by atoms with Crippen LogP contribution in [0.4, 0.5) is 0 Å². The summed E-state index contributed by atoms with van der Waals surface area (Å²) in [6, 6.07) is 0. The van der Waals surface area contributed by atoms with Crippen LogP contribution in [0.25, 0.3) is 0 Å². The molecule has 0 spiro atoms. The first-order valence-electron chi connectivity index (χ1n) is 6.73. The van der Waals surface area contributed by atoms with Gasteiger partial charge in [0.1, 0.15) is 0 Å². The highest BCUT2D eigenvalue weighted by molar-refractivity contribution is 5.80. The zero-order valence-electron chi connectivity index (χ0n) is 11.5. The summed E-state index contributed by atoms with van der Waals surface area (Å²) in [6.45, 7) is 7.01. The van der Waals surface area contributed by atoms with Crippen LogP contribution in [-0.4, -0.2) is 36.7 Å². The number of carboxylic acids is 1. The van der Waals surface area contributed by atoms with Gasteiger partial charge in [0, 0.05) is 12.5 Å². The first kappa shape index (κ1) is 15.7. The number of rotatable bonds is 7. The van der Waals surface area contributed by atoms with Gasteiger partial charge in [0.15, 0.2) is 0 Å². The molecule has 108 valence electrons. The summed E-state index contributed by atoms with van der Waals surface area (Å²) in [5.74, 6) is -1.38. The van der Waals surface area contributed by atoms with Gasteiger partial charge in [-0.2, -0.15) is 0 Å². The van der Waals surface area contributed by atoms with Crippen LogP contribution < -0.4 is 5.32 Å². The lowest BCUT2D eigenvalue weighted by atomic mass is 9.81. The topological polar surface area (TPSA) is 75.6 Å². The van der Waals surface area contributed by atoms with Gasteiger partial charge in [-0.1, -0.05) is 18.6 Å². The molecule has 0 aromatic rings. The van der Waals surface area contributed by atoms with Crippen LogP contribution in [0.3, 0.4) is 0 Å². The normalized spacial score (nSPS) is 22.8. The highest BCUT2D eigenvalue weighted by atomic mass is 16.5.